The normalized spacial score (nSPS) is 16.6. The molecule has 1 atom stereocenters. The maximum atomic E-state index is 14.9. The van der Waals surface area contributed by atoms with Crippen LogP contribution in [0.15, 0.2) is 12.1 Å². The quantitative estimate of drug-likeness (QED) is 0.350. The summed E-state index contributed by atoms with van der Waals surface area (Å²) < 4.78 is 31.3. The first-order valence-corrected chi connectivity index (χ1v) is 15.0. The van der Waals surface area contributed by atoms with Gasteiger partial charge in [0.15, 0.2) is 0 Å². The molecule has 0 bridgehead atoms. The van der Waals surface area contributed by atoms with Crippen molar-refractivity contribution in [1.29, 1.82) is 0 Å². The number of aromatic nitrogens is 1. The van der Waals surface area contributed by atoms with Crippen LogP contribution in [0.2, 0.25) is 0 Å². The second kappa shape index (κ2) is 13.7. The van der Waals surface area contributed by atoms with Crippen LogP contribution in [-0.4, -0.2) is 94.2 Å². The molecule has 1 aliphatic carbocycles. The van der Waals surface area contributed by atoms with Gasteiger partial charge < -0.3 is 34.9 Å². The van der Waals surface area contributed by atoms with E-state index < -0.39 is 53.3 Å². The Morgan fingerprint density at radius 1 is 1.09 bits per heavy atom. The maximum absolute atomic E-state index is 14.9. The SMILES string of the molecule is CCOC(=O)N1CCN(C(=O)C(CCC(=O)OC(C)C)c2nc3cc(C)c(F)cc3c(OC3(C(=O)O)CCC3)c2C(N)=O)CC1. The van der Waals surface area contributed by atoms with Crippen molar-refractivity contribution in [3.05, 3.63) is 34.8 Å². The molecule has 1 unspecified atom stereocenters. The monoisotopic (exact) mass is 630 g/mol. The zero-order chi connectivity index (χ0) is 33.1. The number of carboxylic acid groups (broad SMARTS) is 1. The van der Waals surface area contributed by atoms with Crippen molar-refractivity contribution < 1.29 is 47.7 Å². The van der Waals surface area contributed by atoms with Crippen molar-refractivity contribution in [2.75, 3.05) is 32.8 Å². The highest BCUT2D eigenvalue weighted by molar-refractivity contribution is 6.05. The fourth-order valence-electron chi connectivity index (χ4n) is 5.53. The fourth-order valence-corrected chi connectivity index (χ4v) is 5.53. The number of benzene rings is 1. The number of rotatable bonds is 11. The first kappa shape index (κ1) is 33.4. The van der Waals surface area contributed by atoms with Crippen molar-refractivity contribution >= 4 is 40.7 Å². The fraction of sp³-hybridized carbons (Fsp3) is 0.548. The first-order valence-electron chi connectivity index (χ1n) is 15.0. The van der Waals surface area contributed by atoms with Gasteiger partial charge in [-0.1, -0.05) is 0 Å². The lowest BCUT2D eigenvalue weighted by atomic mass is 9.80. The lowest BCUT2D eigenvalue weighted by Gasteiger charge is -2.39. The molecule has 1 saturated heterocycles. The van der Waals surface area contributed by atoms with Gasteiger partial charge in [-0.3, -0.25) is 19.4 Å². The molecule has 1 aliphatic heterocycles. The summed E-state index contributed by atoms with van der Waals surface area (Å²) in [5.74, 6) is -5.54. The second-order valence-electron chi connectivity index (χ2n) is 11.6. The minimum absolute atomic E-state index is 0.0247. The molecule has 2 aromatic rings. The zero-order valence-electron chi connectivity index (χ0n) is 25.9. The first-order chi connectivity index (χ1) is 21.3. The average molecular weight is 631 g/mol. The molecule has 13 nitrogen and oxygen atoms in total. The highest BCUT2D eigenvalue weighted by Crippen LogP contribution is 2.43. The number of hydrogen-bond donors (Lipinski definition) is 2. The Morgan fingerprint density at radius 2 is 1.73 bits per heavy atom. The minimum atomic E-state index is -1.68. The number of fused-ring (bicyclic) bond motifs is 1. The van der Waals surface area contributed by atoms with Gasteiger partial charge in [-0.25, -0.2) is 14.0 Å². The van der Waals surface area contributed by atoms with Crippen LogP contribution >= 0.6 is 0 Å². The van der Waals surface area contributed by atoms with E-state index in [0.717, 1.165) is 6.07 Å². The van der Waals surface area contributed by atoms with Crippen molar-refractivity contribution in [1.82, 2.24) is 14.8 Å². The molecule has 2 fully saturated rings. The van der Waals surface area contributed by atoms with Gasteiger partial charge in [0.2, 0.25) is 11.5 Å². The topological polar surface area (TPSA) is 179 Å². The van der Waals surface area contributed by atoms with Gasteiger partial charge in [-0.05, 0) is 71.1 Å². The van der Waals surface area contributed by atoms with Crippen LogP contribution in [0.5, 0.6) is 5.75 Å². The maximum Gasteiger partial charge on any atom is 0.409 e. The van der Waals surface area contributed by atoms with Crippen molar-refractivity contribution in [2.45, 2.75) is 77.4 Å². The number of hydrogen-bond acceptors (Lipinski definition) is 9. The summed E-state index contributed by atoms with van der Waals surface area (Å²) in [4.78, 5) is 72.0. The number of carbonyl (C=O) groups is 5. The molecular formula is C31H39FN4O9. The number of nitrogens with zero attached hydrogens (tertiary/aromatic N) is 3. The summed E-state index contributed by atoms with van der Waals surface area (Å²) in [7, 11) is 0. The smallest absolute Gasteiger partial charge is 0.409 e. The van der Waals surface area contributed by atoms with E-state index in [9.17, 15) is 33.5 Å². The van der Waals surface area contributed by atoms with Crippen molar-refractivity contribution in [2.24, 2.45) is 5.73 Å². The molecule has 244 valence electrons. The zero-order valence-corrected chi connectivity index (χ0v) is 25.9. The van der Waals surface area contributed by atoms with E-state index in [-0.39, 0.29) is 91.9 Å². The summed E-state index contributed by atoms with van der Waals surface area (Å²) in [5.41, 5.74) is 4.08. The van der Waals surface area contributed by atoms with Gasteiger partial charge >= 0.3 is 18.0 Å². The Labute approximate surface area is 259 Å². The number of primary amides is 1. The van der Waals surface area contributed by atoms with Crippen molar-refractivity contribution in [3.63, 3.8) is 0 Å². The number of halogens is 1. The number of aliphatic carboxylic acids is 1. The standard InChI is InChI=1S/C31H39FN4O9/c1-5-43-30(42)36-13-11-35(12-14-36)28(39)19(7-8-23(37)44-17(2)3)25-24(27(33)38)26(45-31(29(40)41)9-6-10-31)20-16-21(32)18(4)15-22(20)34-25/h15-17,19H,5-14H2,1-4H3,(H2,33,38)(H,40,41). The van der Waals surface area contributed by atoms with E-state index in [4.69, 9.17) is 19.9 Å². The van der Waals surface area contributed by atoms with E-state index in [2.05, 4.69) is 4.98 Å². The molecule has 14 heteroatoms. The summed E-state index contributed by atoms with van der Waals surface area (Å²) >= 11 is 0. The Hall–Kier alpha value is -4.49. The highest BCUT2D eigenvalue weighted by Gasteiger charge is 2.48. The Kier molecular flexibility index (Phi) is 10.1. The Balaban J connectivity index is 1.84. The Morgan fingerprint density at radius 3 is 2.27 bits per heavy atom. The predicted octanol–water partition coefficient (Wildman–Crippen LogP) is 3.28. The molecule has 1 aromatic heterocycles. The van der Waals surface area contributed by atoms with E-state index >= 15 is 0 Å². The number of esters is 1. The summed E-state index contributed by atoms with van der Waals surface area (Å²) in [6.45, 7) is 7.43. The number of amides is 3. The summed E-state index contributed by atoms with van der Waals surface area (Å²) in [5, 5.41) is 10.0. The summed E-state index contributed by atoms with van der Waals surface area (Å²) in [6, 6.07) is 2.51. The average Bonchev–Trinajstić information content (AvgIpc) is 2.95. The number of ether oxygens (including phenoxy) is 3. The van der Waals surface area contributed by atoms with Gasteiger partial charge in [0, 0.05) is 38.0 Å². The third kappa shape index (κ3) is 7.10. The van der Waals surface area contributed by atoms with Crippen LogP contribution in [0.25, 0.3) is 10.9 Å². The largest absolute Gasteiger partial charge is 0.478 e. The highest BCUT2D eigenvalue weighted by atomic mass is 19.1. The molecule has 2 heterocycles. The number of aryl methyl sites for hydroxylation is 1. The van der Waals surface area contributed by atoms with E-state index in [0.29, 0.717) is 6.42 Å². The molecule has 45 heavy (non-hydrogen) atoms. The molecule has 3 amide bonds. The molecule has 1 saturated carbocycles. The van der Waals surface area contributed by atoms with Crippen molar-refractivity contribution in [3.8, 4) is 5.75 Å². The lowest BCUT2D eigenvalue weighted by molar-refractivity contribution is -0.163. The van der Waals surface area contributed by atoms with Crippen LogP contribution in [0.4, 0.5) is 9.18 Å². The molecule has 4 rings (SSSR count). The van der Waals surface area contributed by atoms with Gasteiger partial charge in [-0.15, -0.1) is 0 Å². The third-order valence-corrected chi connectivity index (χ3v) is 8.09. The third-order valence-electron chi connectivity index (χ3n) is 8.09. The van der Waals surface area contributed by atoms with Gasteiger partial charge in [0.25, 0.3) is 5.91 Å². The van der Waals surface area contributed by atoms with Gasteiger partial charge in [-0.2, -0.15) is 0 Å². The van der Waals surface area contributed by atoms with Gasteiger partial charge in [0.1, 0.15) is 17.1 Å². The van der Waals surface area contributed by atoms with Gasteiger partial charge in [0.05, 0.1) is 29.8 Å². The number of piperazine rings is 1. The number of carbonyl (C=O) groups excluding carboxylic acids is 4. The molecular weight excluding hydrogens is 591 g/mol. The molecule has 0 spiro atoms. The minimum Gasteiger partial charge on any atom is -0.478 e. The molecule has 1 aromatic carbocycles. The number of pyridine rings is 1. The number of nitrogens with two attached hydrogens (primary N) is 1. The van der Waals surface area contributed by atoms with Crippen LogP contribution in [0, 0.1) is 12.7 Å². The van der Waals surface area contributed by atoms with Crippen LogP contribution in [0.1, 0.15) is 80.4 Å². The van der Waals surface area contributed by atoms with Crippen LogP contribution in [-0.2, 0) is 23.9 Å². The van der Waals surface area contributed by atoms with Crippen LogP contribution < -0.4 is 10.5 Å². The van der Waals surface area contributed by atoms with E-state index in [1.807, 2.05) is 0 Å². The summed E-state index contributed by atoms with van der Waals surface area (Å²) in [6.07, 6.45) is -0.423. The molecule has 2 aliphatic rings. The number of carboxylic acids is 1. The predicted molar refractivity (Wildman–Crippen MR) is 158 cm³/mol. The van der Waals surface area contributed by atoms with Crippen LogP contribution in [0.3, 0.4) is 0 Å². The second-order valence-corrected chi connectivity index (χ2v) is 11.6. The lowest BCUT2D eigenvalue weighted by Crippen LogP contribution is -2.52. The Bertz CT molecular complexity index is 1500. The van der Waals surface area contributed by atoms with E-state index in [1.54, 1.807) is 20.8 Å². The molecule has 0 radical (unpaired) electrons. The molecule has 3 N–H and O–H groups in total. The van der Waals surface area contributed by atoms with E-state index in [1.165, 1.54) is 22.8 Å².